The second kappa shape index (κ2) is 3.65. The highest BCUT2D eigenvalue weighted by atomic mass is 19.1. The van der Waals surface area contributed by atoms with Crippen molar-refractivity contribution < 1.29 is 9.50 Å². The first kappa shape index (κ1) is 11.1. The number of aliphatic hydroxyl groups is 1. The van der Waals surface area contributed by atoms with E-state index in [0.717, 1.165) is 5.56 Å². The van der Waals surface area contributed by atoms with Gasteiger partial charge in [-0.15, -0.1) is 0 Å². The molecule has 0 aliphatic rings. The molecule has 1 aromatic heterocycles. The van der Waals surface area contributed by atoms with Crippen molar-refractivity contribution in [1.29, 1.82) is 0 Å². The first-order valence-electron chi connectivity index (χ1n) is 4.70. The SMILES string of the molecule is CC(C)c1cnc(C(C)(C)O)c(F)c1. The third kappa shape index (κ3) is 2.29. The van der Waals surface area contributed by atoms with Gasteiger partial charge in [-0.25, -0.2) is 4.39 Å². The van der Waals surface area contributed by atoms with Crippen LogP contribution >= 0.6 is 0 Å². The van der Waals surface area contributed by atoms with Crippen molar-refractivity contribution in [3.8, 4) is 0 Å². The van der Waals surface area contributed by atoms with Crippen LogP contribution in [0.5, 0.6) is 0 Å². The van der Waals surface area contributed by atoms with E-state index < -0.39 is 11.4 Å². The van der Waals surface area contributed by atoms with Crippen LogP contribution in [0.2, 0.25) is 0 Å². The molecule has 0 atom stereocenters. The second-order valence-electron chi connectivity index (χ2n) is 4.31. The molecule has 0 unspecified atom stereocenters. The van der Waals surface area contributed by atoms with Crippen molar-refractivity contribution in [3.05, 3.63) is 29.3 Å². The smallest absolute Gasteiger partial charge is 0.147 e. The van der Waals surface area contributed by atoms with Crippen LogP contribution in [0.1, 0.15) is 44.9 Å². The molecule has 78 valence electrons. The van der Waals surface area contributed by atoms with Crippen LogP contribution in [0, 0.1) is 5.82 Å². The lowest BCUT2D eigenvalue weighted by atomic mass is 10.0. The van der Waals surface area contributed by atoms with Gasteiger partial charge in [-0.3, -0.25) is 4.98 Å². The topological polar surface area (TPSA) is 33.1 Å². The minimum atomic E-state index is -1.22. The lowest BCUT2D eigenvalue weighted by Crippen LogP contribution is -2.19. The number of aromatic nitrogens is 1. The third-order valence-electron chi connectivity index (χ3n) is 2.11. The summed E-state index contributed by atoms with van der Waals surface area (Å²) in [5.41, 5.74) is -0.281. The van der Waals surface area contributed by atoms with E-state index in [4.69, 9.17) is 0 Å². The first-order valence-corrected chi connectivity index (χ1v) is 4.70. The molecule has 0 saturated carbocycles. The Balaban J connectivity index is 3.15. The van der Waals surface area contributed by atoms with Gasteiger partial charge in [-0.2, -0.15) is 0 Å². The van der Waals surface area contributed by atoms with Crippen molar-refractivity contribution in [3.63, 3.8) is 0 Å². The summed E-state index contributed by atoms with van der Waals surface area (Å²) >= 11 is 0. The van der Waals surface area contributed by atoms with Crippen LogP contribution in [0.15, 0.2) is 12.3 Å². The fourth-order valence-electron chi connectivity index (χ4n) is 1.22. The van der Waals surface area contributed by atoms with Crippen LogP contribution in [-0.4, -0.2) is 10.1 Å². The van der Waals surface area contributed by atoms with Gasteiger partial charge in [-0.05, 0) is 31.4 Å². The number of pyridine rings is 1. The molecule has 0 saturated heterocycles. The normalized spacial score (nSPS) is 12.2. The van der Waals surface area contributed by atoms with Gasteiger partial charge in [0.2, 0.25) is 0 Å². The summed E-state index contributed by atoms with van der Waals surface area (Å²) in [5, 5.41) is 9.60. The molecule has 1 aromatic rings. The number of halogens is 1. The Labute approximate surface area is 83.8 Å². The van der Waals surface area contributed by atoms with Crippen LogP contribution in [0.25, 0.3) is 0 Å². The van der Waals surface area contributed by atoms with E-state index >= 15 is 0 Å². The number of rotatable bonds is 2. The van der Waals surface area contributed by atoms with Gasteiger partial charge in [0, 0.05) is 6.20 Å². The van der Waals surface area contributed by atoms with E-state index in [1.807, 2.05) is 13.8 Å². The molecule has 3 heteroatoms. The predicted molar refractivity (Wildman–Crippen MR) is 53.5 cm³/mol. The summed E-state index contributed by atoms with van der Waals surface area (Å²) in [5.74, 6) is -0.198. The van der Waals surface area contributed by atoms with Gasteiger partial charge in [0.15, 0.2) is 0 Å². The van der Waals surface area contributed by atoms with E-state index in [2.05, 4.69) is 4.98 Å². The Morgan fingerprint density at radius 2 is 2.00 bits per heavy atom. The van der Waals surface area contributed by atoms with Gasteiger partial charge >= 0.3 is 0 Å². The second-order valence-corrected chi connectivity index (χ2v) is 4.31. The first-order chi connectivity index (χ1) is 6.32. The summed E-state index contributed by atoms with van der Waals surface area (Å²) in [6.07, 6.45) is 1.61. The van der Waals surface area contributed by atoms with E-state index in [9.17, 15) is 9.50 Å². The summed E-state index contributed by atoms with van der Waals surface area (Å²) in [6, 6.07) is 1.44. The Bertz CT molecular complexity index is 329. The molecule has 1 rings (SSSR count). The number of nitrogens with zero attached hydrogens (tertiary/aromatic N) is 1. The Morgan fingerprint density at radius 3 is 2.36 bits per heavy atom. The van der Waals surface area contributed by atoms with Gasteiger partial charge in [0.05, 0.1) is 0 Å². The van der Waals surface area contributed by atoms with Gasteiger partial charge in [-0.1, -0.05) is 13.8 Å². The summed E-state index contributed by atoms with van der Waals surface area (Å²) in [4.78, 5) is 3.95. The third-order valence-corrected chi connectivity index (χ3v) is 2.11. The molecule has 14 heavy (non-hydrogen) atoms. The van der Waals surface area contributed by atoms with Crippen LogP contribution in [0.3, 0.4) is 0 Å². The average Bonchev–Trinajstić information content (AvgIpc) is 2.01. The van der Waals surface area contributed by atoms with Crippen molar-refractivity contribution >= 4 is 0 Å². The minimum Gasteiger partial charge on any atom is -0.384 e. The molecule has 0 radical (unpaired) electrons. The fourth-order valence-corrected chi connectivity index (χ4v) is 1.22. The molecular formula is C11H16FNO. The Hall–Kier alpha value is -0.960. The van der Waals surface area contributed by atoms with Gasteiger partial charge in [0.1, 0.15) is 17.1 Å². The zero-order chi connectivity index (χ0) is 10.9. The molecule has 0 aliphatic heterocycles. The minimum absolute atomic E-state index is 0.0990. The zero-order valence-electron chi connectivity index (χ0n) is 9.00. The highest BCUT2D eigenvalue weighted by Gasteiger charge is 2.22. The average molecular weight is 197 g/mol. The van der Waals surface area contributed by atoms with Crippen molar-refractivity contribution in [1.82, 2.24) is 4.98 Å². The maximum Gasteiger partial charge on any atom is 0.147 e. The zero-order valence-corrected chi connectivity index (χ0v) is 9.00. The Kier molecular flexibility index (Phi) is 2.90. The standard InChI is InChI=1S/C11H16FNO/c1-7(2)8-5-9(12)10(13-6-8)11(3,4)14/h5-7,14H,1-4H3. The van der Waals surface area contributed by atoms with E-state index in [0.29, 0.717) is 0 Å². The van der Waals surface area contributed by atoms with Crippen molar-refractivity contribution in [2.75, 3.05) is 0 Å². The highest BCUT2D eigenvalue weighted by molar-refractivity contribution is 5.21. The largest absolute Gasteiger partial charge is 0.384 e. The summed E-state index contributed by atoms with van der Waals surface area (Å²) in [7, 11) is 0. The maximum absolute atomic E-state index is 13.5. The highest BCUT2D eigenvalue weighted by Crippen LogP contribution is 2.23. The number of hydrogen-bond acceptors (Lipinski definition) is 2. The monoisotopic (exact) mass is 197 g/mol. The van der Waals surface area contributed by atoms with Crippen LogP contribution in [-0.2, 0) is 5.60 Å². The molecule has 0 spiro atoms. The summed E-state index contributed by atoms with van der Waals surface area (Å²) < 4.78 is 13.5. The fraction of sp³-hybridized carbons (Fsp3) is 0.545. The van der Waals surface area contributed by atoms with Gasteiger partial charge in [0.25, 0.3) is 0 Å². The lowest BCUT2D eigenvalue weighted by molar-refractivity contribution is 0.0694. The molecule has 2 nitrogen and oxygen atoms in total. The molecule has 0 fully saturated rings. The van der Waals surface area contributed by atoms with Gasteiger partial charge < -0.3 is 5.11 Å². The van der Waals surface area contributed by atoms with Crippen molar-refractivity contribution in [2.45, 2.75) is 39.2 Å². The quantitative estimate of drug-likeness (QED) is 0.790. The predicted octanol–water partition coefficient (Wildman–Crippen LogP) is 2.57. The van der Waals surface area contributed by atoms with Crippen LogP contribution < -0.4 is 0 Å². The molecule has 0 bridgehead atoms. The van der Waals surface area contributed by atoms with Crippen LogP contribution in [0.4, 0.5) is 4.39 Å². The molecule has 1 N–H and O–H groups in total. The molecule has 0 aliphatic carbocycles. The van der Waals surface area contributed by atoms with E-state index in [1.54, 1.807) is 6.20 Å². The molecular weight excluding hydrogens is 181 g/mol. The van der Waals surface area contributed by atoms with E-state index in [1.165, 1.54) is 19.9 Å². The van der Waals surface area contributed by atoms with E-state index in [-0.39, 0.29) is 11.6 Å². The van der Waals surface area contributed by atoms with Crippen molar-refractivity contribution in [2.24, 2.45) is 0 Å². The molecule has 1 heterocycles. The maximum atomic E-state index is 13.5. The molecule has 0 aromatic carbocycles. The number of hydrogen-bond donors (Lipinski definition) is 1. The Morgan fingerprint density at radius 1 is 1.43 bits per heavy atom. The molecule has 0 amide bonds. The summed E-state index contributed by atoms with van der Waals surface area (Å²) in [6.45, 7) is 6.99. The lowest BCUT2D eigenvalue weighted by Gasteiger charge is -2.18.